The molecule has 138 valence electrons. The van der Waals surface area contributed by atoms with E-state index in [0.29, 0.717) is 5.75 Å². The van der Waals surface area contributed by atoms with Gasteiger partial charge >= 0.3 is 0 Å². The van der Waals surface area contributed by atoms with Crippen molar-refractivity contribution < 1.29 is 14.2 Å². The third kappa shape index (κ3) is 4.52. The first-order valence-corrected chi connectivity index (χ1v) is 8.87. The first-order valence-electron chi connectivity index (χ1n) is 8.87. The number of halogens is 1. The summed E-state index contributed by atoms with van der Waals surface area (Å²) in [7, 11) is 0. The highest BCUT2D eigenvalue weighted by atomic mass is 19.1. The van der Waals surface area contributed by atoms with Gasteiger partial charge in [0.2, 0.25) is 0 Å². The van der Waals surface area contributed by atoms with Gasteiger partial charge in [-0.15, -0.1) is 0 Å². The first-order chi connectivity index (χ1) is 12.7. The summed E-state index contributed by atoms with van der Waals surface area (Å²) >= 11 is 0. The average Bonchev–Trinajstić information content (AvgIpc) is 3.09. The summed E-state index contributed by atoms with van der Waals surface area (Å²) in [5.41, 5.74) is 2.46. The maximum Gasteiger partial charge on any atom is 0.198 e. The molecule has 2 aromatic rings. The number of anilines is 1. The molecule has 2 N–H and O–H groups in total. The molecule has 1 aliphatic heterocycles. The molecular weight excluding hydrogens is 333 g/mol. The normalized spacial score (nSPS) is 14.9. The Morgan fingerprint density at radius 3 is 2.81 bits per heavy atom. The number of aliphatic imine (C=N–C) groups is 1. The van der Waals surface area contributed by atoms with Crippen LogP contribution in [-0.2, 0) is 6.42 Å². The predicted octanol–water partition coefficient (Wildman–Crippen LogP) is 2.59. The van der Waals surface area contributed by atoms with Crippen molar-refractivity contribution in [2.75, 3.05) is 31.1 Å². The van der Waals surface area contributed by atoms with E-state index in [0.717, 1.165) is 31.2 Å². The molecule has 0 radical (unpaired) electrons. The summed E-state index contributed by atoms with van der Waals surface area (Å²) in [6.45, 7) is 3.96. The molecule has 6 heteroatoms. The summed E-state index contributed by atoms with van der Waals surface area (Å²) in [4.78, 5) is 6.71. The minimum atomic E-state index is -0.744. The fraction of sp³-hybridized carbons (Fsp3) is 0.350. The summed E-state index contributed by atoms with van der Waals surface area (Å²) in [5.74, 6) is 0.969. The van der Waals surface area contributed by atoms with Crippen LogP contribution in [0, 0.1) is 5.82 Å². The molecule has 1 unspecified atom stereocenters. The summed E-state index contributed by atoms with van der Waals surface area (Å²) < 4.78 is 18.4. The Kier molecular flexibility index (Phi) is 6.07. The number of para-hydroxylation sites is 1. The van der Waals surface area contributed by atoms with Gasteiger partial charge in [0, 0.05) is 18.8 Å². The number of hydrogen-bond donors (Lipinski definition) is 2. The number of nitrogens with zero attached hydrogens (tertiary/aromatic N) is 2. The Morgan fingerprint density at radius 1 is 1.27 bits per heavy atom. The minimum Gasteiger partial charge on any atom is -0.491 e. The van der Waals surface area contributed by atoms with Gasteiger partial charge in [0.25, 0.3) is 0 Å². The van der Waals surface area contributed by atoms with Gasteiger partial charge in [0.1, 0.15) is 24.3 Å². The van der Waals surface area contributed by atoms with Crippen molar-refractivity contribution in [3.05, 3.63) is 59.9 Å². The highest BCUT2D eigenvalue weighted by Gasteiger charge is 2.22. The van der Waals surface area contributed by atoms with Crippen LogP contribution in [-0.4, -0.2) is 43.4 Å². The zero-order valence-corrected chi connectivity index (χ0v) is 14.9. The standard InChI is InChI=1S/C20H24FN3O2/c1-2-22-20(24-12-11-15-5-3-4-6-19(15)24)23-13-17(25)14-26-18-9-7-16(21)8-10-18/h3-10,17,25H,2,11-14H2,1H3,(H,22,23). The fourth-order valence-electron chi connectivity index (χ4n) is 2.92. The zero-order valence-electron chi connectivity index (χ0n) is 14.9. The lowest BCUT2D eigenvalue weighted by Crippen LogP contribution is -2.41. The van der Waals surface area contributed by atoms with Gasteiger partial charge in [0.05, 0.1) is 6.54 Å². The number of aliphatic hydroxyl groups excluding tert-OH is 1. The van der Waals surface area contributed by atoms with E-state index in [1.54, 1.807) is 0 Å². The van der Waals surface area contributed by atoms with Gasteiger partial charge in [-0.05, 0) is 49.2 Å². The average molecular weight is 357 g/mol. The smallest absolute Gasteiger partial charge is 0.198 e. The van der Waals surface area contributed by atoms with Crippen molar-refractivity contribution in [2.45, 2.75) is 19.4 Å². The van der Waals surface area contributed by atoms with Gasteiger partial charge in [-0.2, -0.15) is 0 Å². The molecule has 0 fully saturated rings. The summed E-state index contributed by atoms with van der Waals surface area (Å²) in [6, 6.07) is 14.0. The number of fused-ring (bicyclic) bond motifs is 1. The SMILES string of the molecule is CCNC(=NCC(O)COc1ccc(F)cc1)N1CCc2ccccc21. The number of hydrogen-bond acceptors (Lipinski definition) is 3. The molecular formula is C20H24FN3O2. The van der Waals surface area contributed by atoms with Crippen LogP contribution in [0.1, 0.15) is 12.5 Å². The van der Waals surface area contributed by atoms with Crippen LogP contribution in [0.5, 0.6) is 5.75 Å². The number of aliphatic hydroxyl groups is 1. The third-order valence-corrected chi connectivity index (χ3v) is 4.19. The van der Waals surface area contributed by atoms with E-state index >= 15 is 0 Å². The number of benzene rings is 2. The number of nitrogens with one attached hydrogen (secondary N) is 1. The van der Waals surface area contributed by atoms with E-state index in [4.69, 9.17) is 4.74 Å². The molecule has 5 nitrogen and oxygen atoms in total. The van der Waals surface area contributed by atoms with E-state index in [2.05, 4.69) is 27.3 Å². The van der Waals surface area contributed by atoms with Gasteiger partial charge in [-0.25, -0.2) is 9.38 Å². The zero-order chi connectivity index (χ0) is 18.4. The predicted molar refractivity (Wildman–Crippen MR) is 101 cm³/mol. The Labute approximate surface area is 153 Å². The topological polar surface area (TPSA) is 57.1 Å². The lowest BCUT2D eigenvalue weighted by molar-refractivity contribution is 0.114. The highest BCUT2D eigenvalue weighted by Crippen LogP contribution is 2.27. The summed E-state index contributed by atoms with van der Waals surface area (Å²) in [5, 5.41) is 13.5. The Bertz CT molecular complexity index is 749. The number of rotatable bonds is 6. The van der Waals surface area contributed by atoms with Crippen molar-refractivity contribution in [3.8, 4) is 5.75 Å². The third-order valence-electron chi connectivity index (χ3n) is 4.19. The molecule has 0 aliphatic carbocycles. The van der Waals surface area contributed by atoms with Crippen LogP contribution in [0.3, 0.4) is 0 Å². The quantitative estimate of drug-likeness (QED) is 0.616. The monoisotopic (exact) mass is 357 g/mol. The molecule has 2 aromatic carbocycles. The van der Waals surface area contributed by atoms with Crippen molar-refractivity contribution in [1.29, 1.82) is 0 Å². The fourth-order valence-corrected chi connectivity index (χ4v) is 2.92. The van der Waals surface area contributed by atoms with E-state index < -0.39 is 6.10 Å². The lowest BCUT2D eigenvalue weighted by atomic mass is 10.2. The molecule has 0 saturated heterocycles. The molecule has 0 spiro atoms. The van der Waals surface area contributed by atoms with Crippen LogP contribution in [0.15, 0.2) is 53.5 Å². The Balaban J connectivity index is 1.59. The van der Waals surface area contributed by atoms with Gasteiger partial charge < -0.3 is 20.1 Å². The lowest BCUT2D eigenvalue weighted by Gasteiger charge is -2.22. The van der Waals surface area contributed by atoms with Gasteiger partial charge in [0.15, 0.2) is 5.96 Å². The number of ether oxygens (including phenoxy) is 1. The van der Waals surface area contributed by atoms with Crippen molar-refractivity contribution >= 4 is 11.6 Å². The van der Waals surface area contributed by atoms with Gasteiger partial charge in [-0.3, -0.25) is 0 Å². The summed E-state index contributed by atoms with van der Waals surface area (Å²) in [6.07, 6.45) is 0.239. The largest absolute Gasteiger partial charge is 0.491 e. The highest BCUT2D eigenvalue weighted by molar-refractivity contribution is 5.97. The van der Waals surface area contributed by atoms with Crippen LogP contribution < -0.4 is 15.0 Å². The van der Waals surface area contributed by atoms with E-state index in [9.17, 15) is 9.50 Å². The van der Waals surface area contributed by atoms with E-state index in [-0.39, 0.29) is 19.0 Å². The van der Waals surface area contributed by atoms with Gasteiger partial charge in [-0.1, -0.05) is 18.2 Å². The Morgan fingerprint density at radius 2 is 2.04 bits per heavy atom. The number of guanidine groups is 1. The van der Waals surface area contributed by atoms with Crippen LogP contribution in [0.4, 0.5) is 10.1 Å². The van der Waals surface area contributed by atoms with Crippen LogP contribution in [0.2, 0.25) is 0 Å². The molecule has 1 aliphatic rings. The Hall–Kier alpha value is -2.60. The van der Waals surface area contributed by atoms with Crippen LogP contribution >= 0.6 is 0 Å². The molecule has 3 rings (SSSR count). The molecule has 26 heavy (non-hydrogen) atoms. The van der Waals surface area contributed by atoms with E-state index in [1.807, 2.05) is 19.1 Å². The molecule has 0 amide bonds. The van der Waals surface area contributed by atoms with Crippen molar-refractivity contribution in [1.82, 2.24) is 5.32 Å². The van der Waals surface area contributed by atoms with E-state index in [1.165, 1.54) is 29.8 Å². The molecule has 1 heterocycles. The molecule has 0 saturated carbocycles. The second-order valence-electron chi connectivity index (χ2n) is 6.14. The first kappa shape index (κ1) is 18.2. The maximum atomic E-state index is 12.9. The molecule has 0 aromatic heterocycles. The molecule has 0 bridgehead atoms. The maximum absolute atomic E-state index is 12.9. The van der Waals surface area contributed by atoms with Crippen LogP contribution in [0.25, 0.3) is 0 Å². The second-order valence-corrected chi connectivity index (χ2v) is 6.14. The minimum absolute atomic E-state index is 0.102. The van der Waals surface area contributed by atoms with Crippen molar-refractivity contribution in [3.63, 3.8) is 0 Å². The second kappa shape index (κ2) is 8.67. The molecule has 1 atom stereocenters. The van der Waals surface area contributed by atoms with Crippen molar-refractivity contribution in [2.24, 2.45) is 4.99 Å².